The summed E-state index contributed by atoms with van der Waals surface area (Å²) in [6, 6.07) is 7.67. The van der Waals surface area contributed by atoms with E-state index in [-0.39, 0.29) is 24.5 Å². The molecular formula is C16H23NO3. The van der Waals surface area contributed by atoms with Gasteiger partial charge in [0, 0.05) is 24.1 Å². The Morgan fingerprint density at radius 1 is 1.35 bits per heavy atom. The molecule has 0 aliphatic heterocycles. The van der Waals surface area contributed by atoms with Gasteiger partial charge in [0.05, 0.1) is 13.5 Å². The Labute approximate surface area is 120 Å². The van der Waals surface area contributed by atoms with Crippen LogP contribution in [0, 0.1) is 5.92 Å². The van der Waals surface area contributed by atoms with Crippen molar-refractivity contribution in [1.29, 1.82) is 0 Å². The summed E-state index contributed by atoms with van der Waals surface area (Å²) in [5.41, 5.74) is 0.892. The summed E-state index contributed by atoms with van der Waals surface area (Å²) in [4.78, 5) is 12.2. The number of ether oxygens (including phenoxy) is 1. The van der Waals surface area contributed by atoms with E-state index >= 15 is 0 Å². The molecule has 2 rings (SSSR count). The third-order valence-corrected chi connectivity index (χ3v) is 4.03. The first-order chi connectivity index (χ1) is 9.74. The standard InChI is InChI=1S/C16H23NO3/c1-20-15-9-5-3-6-12(15)10-16(19)17-14-8-4-2-7-13(14)11-18/h3,5-6,9,13-14,18H,2,4,7-8,10-11H2,1H3,(H,17,19). The van der Waals surface area contributed by atoms with Crippen molar-refractivity contribution in [3.63, 3.8) is 0 Å². The number of hydrogen-bond acceptors (Lipinski definition) is 3. The molecule has 1 fully saturated rings. The van der Waals surface area contributed by atoms with Crippen molar-refractivity contribution >= 4 is 5.91 Å². The molecule has 2 unspecified atom stereocenters. The first kappa shape index (κ1) is 14.9. The van der Waals surface area contributed by atoms with Crippen LogP contribution in [-0.4, -0.2) is 30.8 Å². The maximum Gasteiger partial charge on any atom is 0.224 e. The van der Waals surface area contributed by atoms with Crippen LogP contribution in [-0.2, 0) is 11.2 Å². The molecule has 4 heteroatoms. The van der Waals surface area contributed by atoms with Gasteiger partial charge >= 0.3 is 0 Å². The molecular weight excluding hydrogens is 254 g/mol. The zero-order valence-electron chi connectivity index (χ0n) is 12.0. The Morgan fingerprint density at radius 3 is 2.85 bits per heavy atom. The Kier molecular flexibility index (Phi) is 5.41. The second kappa shape index (κ2) is 7.29. The molecule has 2 N–H and O–H groups in total. The third-order valence-electron chi connectivity index (χ3n) is 4.03. The molecule has 1 saturated carbocycles. The van der Waals surface area contributed by atoms with Crippen LogP contribution in [0.15, 0.2) is 24.3 Å². The molecule has 0 aromatic heterocycles. The molecule has 4 nitrogen and oxygen atoms in total. The van der Waals surface area contributed by atoms with Gasteiger partial charge in [-0.2, -0.15) is 0 Å². The van der Waals surface area contributed by atoms with Crippen LogP contribution < -0.4 is 10.1 Å². The monoisotopic (exact) mass is 277 g/mol. The minimum Gasteiger partial charge on any atom is -0.496 e. The van der Waals surface area contributed by atoms with Gasteiger partial charge in [-0.3, -0.25) is 4.79 Å². The molecule has 0 heterocycles. The molecule has 1 aromatic carbocycles. The van der Waals surface area contributed by atoms with Gasteiger partial charge in [0.15, 0.2) is 0 Å². The predicted octanol–water partition coefficient (Wildman–Crippen LogP) is 1.90. The number of rotatable bonds is 5. The smallest absolute Gasteiger partial charge is 0.224 e. The molecule has 0 radical (unpaired) electrons. The number of nitrogens with one attached hydrogen (secondary N) is 1. The number of methoxy groups -OCH3 is 1. The fourth-order valence-electron chi connectivity index (χ4n) is 2.90. The van der Waals surface area contributed by atoms with Gasteiger partial charge in [0.25, 0.3) is 0 Å². The maximum absolute atomic E-state index is 12.2. The highest BCUT2D eigenvalue weighted by Crippen LogP contribution is 2.24. The van der Waals surface area contributed by atoms with Gasteiger partial charge in [-0.1, -0.05) is 31.0 Å². The van der Waals surface area contributed by atoms with Gasteiger partial charge < -0.3 is 15.2 Å². The lowest BCUT2D eigenvalue weighted by Gasteiger charge is -2.30. The number of aliphatic hydroxyl groups excluding tert-OH is 1. The van der Waals surface area contributed by atoms with E-state index in [0.29, 0.717) is 6.42 Å². The van der Waals surface area contributed by atoms with E-state index in [2.05, 4.69) is 5.32 Å². The van der Waals surface area contributed by atoms with Gasteiger partial charge in [-0.15, -0.1) is 0 Å². The van der Waals surface area contributed by atoms with Crippen molar-refractivity contribution in [2.45, 2.75) is 38.1 Å². The van der Waals surface area contributed by atoms with Crippen molar-refractivity contribution in [3.05, 3.63) is 29.8 Å². The Hall–Kier alpha value is -1.55. The zero-order chi connectivity index (χ0) is 14.4. The van der Waals surface area contributed by atoms with E-state index in [1.807, 2.05) is 24.3 Å². The molecule has 110 valence electrons. The van der Waals surface area contributed by atoms with E-state index in [1.54, 1.807) is 7.11 Å². The lowest BCUT2D eigenvalue weighted by Crippen LogP contribution is -2.44. The van der Waals surface area contributed by atoms with Crippen LogP contribution in [0.5, 0.6) is 5.75 Å². The minimum atomic E-state index is -0.000139. The summed E-state index contributed by atoms with van der Waals surface area (Å²) in [6.45, 7) is 0.152. The molecule has 1 aromatic rings. The van der Waals surface area contributed by atoms with Crippen LogP contribution in [0.2, 0.25) is 0 Å². The summed E-state index contributed by atoms with van der Waals surface area (Å²) >= 11 is 0. The summed E-state index contributed by atoms with van der Waals surface area (Å²) < 4.78 is 5.26. The number of benzene rings is 1. The summed E-state index contributed by atoms with van der Waals surface area (Å²) in [6.07, 6.45) is 4.54. The SMILES string of the molecule is COc1ccccc1CC(=O)NC1CCCCC1CO. The number of para-hydroxylation sites is 1. The molecule has 0 spiro atoms. The van der Waals surface area contributed by atoms with Crippen molar-refractivity contribution in [2.75, 3.05) is 13.7 Å². The van der Waals surface area contributed by atoms with Crippen molar-refractivity contribution < 1.29 is 14.6 Å². The van der Waals surface area contributed by atoms with Crippen LogP contribution in [0.1, 0.15) is 31.2 Å². The van der Waals surface area contributed by atoms with Gasteiger partial charge in [-0.05, 0) is 18.9 Å². The topological polar surface area (TPSA) is 58.6 Å². The second-order valence-corrected chi connectivity index (χ2v) is 5.39. The minimum absolute atomic E-state index is 0.000139. The molecule has 1 amide bonds. The van der Waals surface area contributed by atoms with E-state index in [4.69, 9.17) is 4.74 Å². The fourth-order valence-corrected chi connectivity index (χ4v) is 2.90. The predicted molar refractivity (Wildman–Crippen MR) is 77.7 cm³/mol. The largest absolute Gasteiger partial charge is 0.496 e. The van der Waals surface area contributed by atoms with Gasteiger partial charge in [0.1, 0.15) is 5.75 Å². The van der Waals surface area contributed by atoms with Crippen molar-refractivity contribution in [3.8, 4) is 5.75 Å². The third kappa shape index (κ3) is 3.73. The highest BCUT2D eigenvalue weighted by Gasteiger charge is 2.25. The first-order valence-corrected chi connectivity index (χ1v) is 7.26. The Balaban J connectivity index is 1.94. The number of aliphatic hydroxyl groups is 1. The fraction of sp³-hybridized carbons (Fsp3) is 0.562. The quantitative estimate of drug-likeness (QED) is 0.864. The number of hydrogen-bond donors (Lipinski definition) is 2. The normalized spacial score (nSPS) is 22.3. The number of carbonyl (C=O) groups excluding carboxylic acids is 1. The Morgan fingerprint density at radius 2 is 2.10 bits per heavy atom. The van der Waals surface area contributed by atoms with Crippen molar-refractivity contribution in [1.82, 2.24) is 5.32 Å². The average Bonchev–Trinajstić information content (AvgIpc) is 2.48. The van der Waals surface area contributed by atoms with Crippen molar-refractivity contribution in [2.24, 2.45) is 5.92 Å². The molecule has 1 aliphatic carbocycles. The number of amides is 1. The molecule has 20 heavy (non-hydrogen) atoms. The van der Waals surface area contributed by atoms with E-state index in [1.165, 1.54) is 0 Å². The second-order valence-electron chi connectivity index (χ2n) is 5.39. The Bertz CT molecular complexity index is 447. The lowest BCUT2D eigenvalue weighted by atomic mass is 9.85. The van der Waals surface area contributed by atoms with E-state index in [0.717, 1.165) is 37.0 Å². The van der Waals surface area contributed by atoms with Crippen LogP contribution in [0.4, 0.5) is 0 Å². The van der Waals surface area contributed by atoms with E-state index < -0.39 is 0 Å². The lowest BCUT2D eigenvalue weighted by molar-refractivity contribution is -0.121. The average molecular weight is 277 g/mol. The number of carbonyl (C=O) groups is 1. The van der Waals surface area contributed by atoms with Crippen LogP contribution in [0.3, 0.4) is 0 Å². The highest BCUT2D eigenvalue weighted by atomic mass is 16.5. The maximum atomic E-state index is 12.2. The summed E-state index contributed by atoms with van der Waals surface area (Å²) in [5, 5.41) is 12.4. The molecule has 2 atom stereocenters. The highest BCUT2D eigenvalue weighted by molar-refractivity contribution is 5.79. The van der Waals surface area contributed by atoms with Crippen LogP contribution >= 0.6 is 0 Å². The van der Waals surface area contributed by atoms with Crippen LogP contribution in [0.25, 0.3) is 0 Å². The first-order valence-electron chi connectivity index (χ1n) is 7.26. The molecule has 0 saturated heterocycles. The summed E-state index contributed by atoms with van der Waals surface area (Å²) in [7, 11) is 1.61. The summed E-state index contributed by atoms with van der Waals surface area (Å²) in [5.74, 6) is 0.940. The van der Waals surface area contributed by atoms with Gasteiger partial charge in [-0.25, -0.2) is 0 Å². The van der Waals surface area contributed by atoms with Gasteiger partial charge in [0.2, 0.25) is 5.91 Å². The molecule has 0 bridgehead atoms. The van der Waals surface area contributed by atoms with E-state index in [9.17, 15) is 9.90 Å². The molecule has 1 aliphatic rings. The zero-order valence-corrected chi connectivity index (χ0v) is 12.0.